The van der Waals surface area contributed by atoms with Crippen molar-refractivity contribution in [2.75, 3.05) is 6.61 Å². The predicted molar refractivity (Wildman–Crippen MR) is 53.3 cm³/mol. The van der Waals surface area contributed by atoms with Crippen LogP contribution in [0.5, 0.6) is 0 Å². The largest absolute Gasteiger partial charge is 0.478 e. The molecule has 0 fully saturated rings. The summed E-state index contributed by atoms with van der Waals surface area (Å²) in [7, 11) is 0. The molecule has 0 aliphatic heterocycles. The summed E-state index contributed by atoms with van der Waals surface area (Å²) in [5.41, 5.74) is 0.316. The minimum absolute atomic E-state index is 0.158. The van der Waals surface area contributed by atoms with Gasteiger partial charge in [-0.1, -0.05) is 12.2 Å². The summed E-state index contributed by atoms with van der Waals surface area (Å²) >= 11 is 0. The van der Waals surface area contributed by atoms with E-state index in [0.29, 0.717) is 5.57 Å². The maximum atomic E-state index is 10.4. The zero-order valence-electron chi connectivity index (χ0n) is 8.17. The first kappa shape index (κ1) is 13.1. The predicted octanol–water partition coefficient (Wildman–Crippen LogP) is 0.577. The summed E-state index contributed by atoms with van der Waals surface area (Å²) in [5, 5.41) is 25.5. The van der Waals surface area contributed by atoms with E-state index in [0.717, 1.165) is 6.08 Å². The number of allylic oxidation sites excluding steroid dienone is 4. The number of hydrogen-bond acceptors (Lipinski definition) is 3. The highest BCUT2D eigenvalue weighted by Gasteiger charge is 2.02. The second-order valence-electron chi connectivity index (χ2n) is 2.74. The van der Waals surface area contributed by atoms with Crippen LogP contribution in [0.1, 0.15) is 6.92 Å². The Labute approximate surface area is 86.7 Å². The number of aliphatic carboxylic acids is 2. The Morgan fingerprint density at radius 3 is 2.27 bits per heavy atom. The van der Waals surface area contributed by atoms with E-state index >= 15 is 0 Å². The number of carbonyl (C=O) groups is 2. The number of aliphatic hydroxyl groups excluding tert-OH is 1. The molecule has 0 atom stereocenters. The topological polar surface area (TPSA) is 94.8 Å². The number of carboxylic acid groups (broad SMARTS) is 2. The van der Waals surface area contributed by atoms with Gasteiger partial charge in [0.2, 0.25) is 0 Å². The van der Waals surface area contributed by atoms with Gasteiger partial charge in [0.05, 0.1) is 12.2 Å². The fraction of sp³-hybridized carbons (Fsp3) is 0.200. The molecule has 0 saturated carbocycles. The van der Waals surface area contributed by atoms with E-state index in [-0.39, 0.29) is 5.57 Å². The maximum Gasteiger partial charge on any atom is 0.333 e. The highest BCUT2D eigenvalue weighted by atomic mass is 16.4. The molecular formula is C10H12O5. The average molecular weight is 212 g/mol. The summed E-state index contributed by atoms with van der Waals surface area (Å²) in [5.74, 6) is -2.27. The van der Waals surface area contributed by atoms with Crippen molar-refractivity contribution in [3.05, 3.63) is 35.5 Å². The van der Waals surface area contributed by atoms with E-state index in [1.54, 1.807) is 6.92 Å². The van der Waals surface area contributed by atoms with Gasteiger partial charge in [-0.3, -0.25) is 0 Å². The van der Waals surface area contributed by atoms with E-state index in [1.807, 2.05) is 0 Å². The molecule has 0 aromatic carbocycles. The minimum atomic E-state index is -1.21. The van der Waals surface area contributed by atoms with Crippen LogP contribution in [-0.4, -0.2) is 33.9 Å². The highest BCUT2D eigenvalue weighted by molar-refractivity contribution is 5.87. The van der Waals surface area contributed by atoms with Gasteiger partial charge < -0.3 is 15.3 Å². The minimum Gasteiger partial charge on any atom is -0.478 e. The molecule has 0 unspecified atom stereocenters. The normalized spacial score (nSPS) is 13.2. The average Bonchev–Trinajstić information content (AvgIpc) is 2.10. The Balaban J connectivity index is 4.54. The summed E-state index contributed by atoms with van der Waals surface area (Å²) in [6.07, 6.45) is 5.01. The second kappa shape index (κ2) is 6.56. The third-order valence-electron chi connectivity index (χ3n) is 1.45. The second-order valence-corrected chi connectivity index (χ2v) is 2.74. The third kappa shape index (κ3) is 6.23. The maximum absolute atomic E-state index is 10.4. The van der Waals surface area contributed by atoms with Crippen LogP contribution >= 0.6 is 0 Å². The van der Waals surface area contributed by atoms with Crippen LogP contribution in [0.15, 0.2) is 35.5 Å². The van der Waals surface area contributed by atoms with E-state index in [9.17, 15) is 9.59 Å². The number of carboxylic acids is 2. The Morgan fingerprint density at radius 1 is 1.27 bits per heavy atom. The van der Waals surface area contributed by atoms with Crippen molar-refractivity contribution in [1.29, 1.82) is 0 Å². The summed E-state index contributed by atoms with van der Waals surface area (Å²) in [6.45, 7) is 0.999. The van der Waals surface area contributed by atoms with E-state index in [4.69, 9.17) is 15.3 Å². The lowest BCUT2D eigenvalue weighted by atomic mass is 10.2. The molecule has 15 heavy (non-hydrogen) atoms. The molecule has 0 bridgehead atoms. The van der Waals surface area contributed by atoms with Crippen LogP contribution in [-0.2, 0) is 9.59 Å². The number of rotatable bonds is 5. The van der Waals surface area contributed by atoms with Crippen molar-refractivity contribution >= 4 is 11.9 Å². The molecule has 0 aliphatic carbocycles. The Hall–Kier alpha value is -1.88. The molecule has 3 N–H and O–H groups in total. The van der Waals surface area contributed by atoms with Crippen LogP contribution in [0.2, 0.25) is 0 Å². The zero-order valence-corrected chi connectivity index (χ0v) is 8.17. The van der Waals surface area contributed by atoms with E-state index in [2.05, 4.69) is 0 Å². The third-order valence-corrected chi connectivity index (χ3v) is 1.45. The number of hydrogen-bond donors (Lipinski definition) is 3. The van der Waals surface area contributed by atoms with Crippen LogP contribution < -0.4 is 0 Å². The lowest BCUT2D eigenvalue weighted by molar-refractivity contribution is -0.133. The Kier molecular flexibility index (Phi) is 5.73. The molecule has 5 nitrogen and oxygen atoms in total. The van der Waals surface area contributed by atoms with Crippen LogP contribution in [0.3, 0.4) is 0 Å². The quantitative estimate of drug-likeness (QED) is 0.457. The molecule has 0 aromatic heterocycles. The molecule has 0 amide bonds. The molecule has 0 spiro atoms. The van der Waals surface area contributed by atoms with Gasteiger partial charge >= 0.3 is 11.9 Å². The molecule has 0 aliphatic rings. The molecule has 0 radical (unpaired) electrons. The fourth-order valence-corrected chi connectivity index (χ4v) is 0.751. The summed E-state index contributed by atoms with van der Waals surface area (Å²) < 4.78 is 0. The van der Waals surface area contributed by atoms with Gasteiger partial charge in [0.15, 0.2) is 0 Å². The van der Waals surface area contributed by atoms with Crippen molar-refractivity contribution in [1.82, 2.24) is 0 Å². The SMILES string of the molecule is CC(/C=C/C=C(\CO)C(=O)O)=C\C(=O)O. The highest BCUT2D eigenvalue weighted by Crippen LogP contribution is 1.98. The van der Waals surface area contributed by atoms with Gasteiger partial charge in [0.25, 0.3) is 0 Å². The fourth-order valence-electron chi connectivity index (χ4n) is 0.751. The zero-order chi connectivity index (χ0) is 11.8. The first-order valence-electron chi connectivity index (χ1n) is 4.10. The Morgan fingerprint density at radius 2 is 1.87 bits per heavy atom. The molecule has 0 rings (SSSR count). The van der Waals surface area contributed by atoms with Crippen molar-refractivity contribution in [3.8, 4) is 0 Å². The van der Waals surface area contributed by atoms with Gasteiger partial charge in [-0.05, 0) is 18.6 Å². The Bertz CT molecular complexity index is 336. The van der Waals surface area contributed by atoms with E-state index in [1.165, 1.54) is 18.2 Å². The van der Waals surface area contributed by atoms with Gasteiger partial charge in [0.1, 0.15) is 0 Å². The number of aliphatic hydroxyl groups is 1. The van der Waals surface area contributed by atoms with Crippen molar-refractivity contribution in [2.24, 2.45) is 0 Å². The summed E-state index contributed by atoms with van der Waals surface area (Å²) in [4.78, 5) is 20.6. The molecule has 5 heteroatoms. The van der Waals surface area contributed by atoms with Gasteiger partial charge in [-0.2, -0.15) is 0 Å². The van der Waals surface area contributed by atoms with Gasteiger partial charge in [-0.15, -0.1) is 0 Å². The van der Waals surface area contributed by atoms with E-state index < -0.39 is 18.5 Å². The molecule has 0 aromatic rings. The molecule has 82 valence electrons. The monoisotopic (exact) mass is 212 g/mol. The van der Waals surface area contributed by atoms with Crippen LogP contribution in [0, 0.1) is 0 Å². The van der Waals surface area contributed by atoms with Crippen molar-refractivity contribution in [2.45, 2.75) is 6.92 Å². The smallest absolute Gasteiger partial charge is 0.333 e. The first-order chi connectivity index (χ1) is 6.97. The van der Waals surface area contributed by atoms with Gasteiger partial charge in [-0.25, -0.2) is 9.59 Å². The molecule has 0 saturated heterocycles. The summed E-state index contributed by atoms with van der Waals surface area (Å²) in [6, 6.07) is 0. The molecular weight excluding hydrogens is 200 g/mol. The van der Waals surface area contributed by atoms with Crippen LogP contribution in [0.4, 0.5) is 0 Å². The van der Waals surface area contributed by atoms with Crippen LogP contribution in [0.25, 0.3) is 0 Å². The lowest BCUT2D eigenvalue weighted by Crippen LogP contribution is -2.03. The van der Waals surface area contributed by atoms with Crippen molar-refractivity contribution < 1.29 is 24.9 Å². The van der Waals surface area contributed by atoms with Crippen molar-refractivity contribution in [3.63, 3.8) is 0 Å². The lowest BCUT2D eigenvalue weighted by Gasteiger charge is -1.93. The molecule has 0 heterocycles. The standard InChI is InChI=1S/C10H12O5/c1-7(5-9(12)13)3-2-4-8(6-11)10(14)15/h2-5,11H,6H2,1H3,(H,12,13)(H,14,15)/b3-2+,7-5+,8-4+. The van der Waals surface area contributed by atoms with Gasteiger partial charge in [0, 0.05) is 6.08 Å². The first-order valence-corrected chi connectivity index (χ1v) is 4.10.